The third-order valence-corrected chi connectivity index (χ3v) is 2.48. The number of hydrogen-bond donors (Lipinski definition) is 0. The van der Waals surface area contributed by atoms with E-state index in [9.17, 15) is 53.9 Å². The Kier molecular flexibility index (Phi) is 5.79. The van der Waals surface area contributed by atoms with Crippen LogP contribution in [-0.4, -0.2) is 24.1 Å². The highest BCUT2D eigenvalue weighted by Crippen LogP contribution is 2.49. The summed E-state index contributed by atoms with van der Waals surface area (Å²) in [7, 11) is -6.55. The molecule has 0 aromatic heterocycles. The molecule has 21 heavy (non-hydrogen) atoms. The number of hydrogen-bond acceptors (Lipinski definition) is 4. The van der Waals surface area contributed by atoms with Crippen LogP contribution in [0.3, 0.4) is 0 Å². The van der Waals surface area contributed by atoms with Gasteiger partial charge in [0.05, 0.1) is 32.7 Å². The molecule has 0 unspecified atom stereocenters. The van der Waals surface area contributed by atoms with E-state index >= 15 is 0 Å². The molecule has 0 spiro atoms. The molecule has 0 aromatic carbocycles. The molecule has 0 aromatic rings. The quantitative estimate of drug-likeness (QED) is 0.560. The average molecular weight is 356 g/mol. The van der Waals surface area contributed by atoms with E-state index in [2.05, 4.69) is 4.52 Å². The van der Waals surface area contributed by atoms with Crippen molar-refractivity contribution in [3.05, 3.63) is 0 Å². The van der Waals surface area contributed by atoms with E-state index in [4.69, 9.17) is 0 Å². The SMILES string of the molecule is O=P([O-])([O-])OC(CC(F)(F)F)(CC(F)(F)F)CC(F)(F)F. The molecule has 0 fully saturated rings. The van der Waals surface area contributed by atoms with Crippen LogP contribution in [0.5, 0.6) is 0 Å². The number of alkyl halides is 9. The Morgan fingerprint density at radius 1 is 0.714 bits per heavy atom. The molecule has 0 atom stereocenters. The van der Waals surface area contributed by atoms with Gasteiger partial charge in [-0.15, -0.1) is 0 Å². The van der Waals surface area contributed by atoms with Gasteiger partial charge in [-0.25, -0.2) is 0 Å². The Labute approximate surface area is 111 Å². The zero-order valence-electron chi connectivity index (χ0n) is 9.60. The molecule has 14 heteroatoms. The lowest BCUT2D eigenvalue weighted by Crippen LogP contribution is -2.46. The van der Waals surface area contributed by atoms with Crippen molar-refractivity contribution >= 4 is 7.82 Å². The molecule has 0 rings (SSSR count). The summed E-state index contributed by atoms with van der Waals surface area (Å²) in [4.78, 5) is 20.5. The first-order valence-corrected chi connectivity index (χ1v) is 6.22. The van der Waals surface area contributed by atoms with Gasteiger partial charge in [0.1, 0.15) is 0 Å². The van der Waals surface area contributed by atoms with Gasteiger partial charge in [-0.2, -0.15) is 39.5 Å². The molecule has 0 bridgehead atoms. The predicted molar refractivity (Wildman–Crippen MR) is 43.4 cm³/mol. The van der Waals surface area contributed by atoms with Gasteiger partial charge in [0.15, 0.2) is 0 Å². The minimum absolute atomic E-state index is 2.91. The molecule has 0 saturated heterocycles. The normalized spacial score (nSPS) is 15.4. The number of phosphoric acid groups is 1. The first-order chi connectivity index (χ1) is 8.83. The molecule has 0 amide bonds. The highest BCUT2D eigenvalue weighted by Gasteiger charge is 2.55. The van der Waals surface area contributed by atoms with E-state index in [0.717, 1.165) is 0 Å². The second-order valence-corrected chi connectivity index (χ2v) is 5.17. The zero-order valence-corrected chi connectivity index (χ0v) is 10.5. The molecule has 0 aliphatic rings. The number of halogens is 9. The highest BCUT2D eigenvalue weighted by atomic mass is 31.2. The van der Waals surface area contributed by atoms with Crippen molar-refractivity contribution in [2.75, 3.05) is 0 Å². The van der Waals surface area contributed by atoms with Gasteiger partial charge in [-0.3, -0.25) is 0 Å². The standard InChI is InChI=1S/C7H8F9O4P/c8-5(9,10)1-4(2-6(11,12)13,3-7(14,15)16)20-21(17,18)19/h1-3H2,(H2,17,18,19)/p-2. The van der Waals surface area contributed by atoms with Crippen LogP contribution in [0.25, 0.3) is 0 Å². The van der Waals surface area contributed by atoms with Crippen LogP contribution in [0, 0.1) is 0 Å². The van der Waals surface area contributed by atoms with Crippen LogP contribution in [0.15, 0.2) is 0 Å². The van der Waals surface area contributed by atoms with Crippen molar-refractivity contribution in [3.8, 4) is 0 Å². The summed E-state index contributed by atoms with van der Waals surface area (Å²) in [6, 6.07) is 0. The van der Waals surface area contributed by atoms with Crippen molar-refractivity contribution in [2.45, 2.75) is 43.4 Å². The van der Waals surface area contributed by atoms with Gasteiger partial charge in [0.25, 0.3) is 0 Å². The Balaban J connectivity index is 5.75. The first kappa shape index (κ1) is 20.5. The van der Waals surface area contributed by atoms with Crippen molar-refractivity contribution in [3.63, 3.8) is 0 Å². The van der Waals surface area contributed by atoms with Crippen LogP contribution in [-0.2, 0) is 9.09 Å². The Bertz CT molecular complexity index is 352. The maximum absolute atomic E-state index is 12.2. The minimum Gasteiger partial charge on any atom is -0.790 e. The van der Waals surface area contributed by atoms with Gasteiger partial charge >= 0.3 is 18.5 Å². The van der Waals surface area contributed by atoms with Crippen molar-refractivity contribution in [1.82, 2.24) is 0 Å². The van der Waals surface area contributed by atoms with E-state index in [1.54, 1.807) is 0 Å². The van der Waals surface area contributed by atoms with Crippen LogP contribution < -0.4 is 9.79 Å². The summed E-state index contributed by atoms with van der Waals surface area (Å²) in [5.41, 5.74) is -4.33. The maximum Gasteiger partial charge on any atom is 0.391 e. The van der Waals surface area contributed by atoms with Crippen molar-refractivity contribution in [1.29, 1.82) is 0 Å². The monoisotopic (exact) mass is 356 g/mol. The Morgan fingerprint density at radius 2 is 0.952 bits per heavy atom. The fourth-order valence-corrected chi connectivity index (χ4v) is 2.29. The molecule has 0 aliphatic heterocycles. The largest absolute Gasteiger partial charge is 0.790 e. The molecule has 0 heterocycles. The molecule has 128 valence electrons. The van der Waals surface area contributed by atoms with E-state index in [1.807, 2.05) is 0 Å². The van der Waals surface area contributed by atoms with Crippen LogP contribution in [0.2, 0.25) is 0 Å². The Hall–Kier alpha value is -0.520. The molecule has 0 radical (unpaired) electrons. The van der Waals surface area contributed by atoms with Crippen molar-refractivity contribution < 1.29 is 58.4 Å². The predicted octanol–water partition coefficient (Wildman–Crippen LogP) is 2.43. The van der Waals surface area contributed by atoms with E-state index in [0.29, 0.717) is 0 Å². The Morgan fingerprint density at radius 3 is 1.10 bits per heavy atom. The average Bonchev–Trinajstić information content (AvgIpc) is 1.83. The molecule has 4 nitrogen and oxygen atoms in total. The number of rotatable bonds is 5. The van der Waals surface area contributed by atoms with Gasteiger partial charge in [-0.05, 0) is 0 Å². The molecule has 0 saturated carbocycles. The molecule has 0 aliphatic carbocycles. The summed E-state index contributed by atoms with van der Waals surface area (Å²) in [5, 5.41) is 0. The summed E-state index contributed by atoms with van der Waals surface area (Å²) >= 11 is 0. The summed E-state index contributed by atoms with van der Waals surface area (Å²) in [6.45, 7) is 0. The second-order valence-electron chi connectivity index (χ2n) is 4.10. The highest BCUT2D eigenvalue weighted by molar-refractivity contribution is 7.43. The van der Waals surface area contributed by atoms with Crippen LogP contribution in [0.4, 0.5) is 39.5 Å². The topological polar surface area (TPSA) is 72.4 Å². The second kappa shape index (κ2) is 5.94. The lowest BCUT2D eigenvalue weighted by molar-refractivity contribution is -0.358. The van der Waals surface area contributed by atoms with Gasteiger partial charge in [0.2, 0.25) is 0 Å². The van der Waals surface area contributed by atoms with E-state index < -0.39 is 51.2 Å². The smallest absolute Gasteiger partial charge is 0.391 e. The minimum atomic E-state index is -6.55. The molecule has 0 N–H and O–H groups in total. The third kappa shape index (κ3) is 10.8. The molecular weight excluding hydrogens is 350 g/mol. The van der Waals surface area contributed by atoms with Gasteiger partial charge < -0.3 is 18.9 Å². The van der Waals surface area contributed by atoms with Crippen molar-refractivity contribution in [2.24, 2.45) is 0 Å². The van der Waals surface area contributed by atoms with Gasteiger partial charge in [-0.1, -0.05) is 0 Å². The van der Waals surface area contributed by atoms with E-state index in [1.165, 1.54) is 0 Å². The van der Waals surface area contributed by atoms with Gasteiger partial charge in [0, 0.05) is 0 Å². The summed E-state index contributed by atoms with van der Waals surface area (Å²) in [5.74, 6) is 0. The fourth-order valence-electron chi connectivity index (χ4n) is 1.62. The lowest BCUT2D eigenvalue weighted by Gasteiger charge is -2.43. The maximum atomic E-state index is 12.2. The first-order valence-electron chi connectivity index (χ1n) is 4.76. The third-order valence-electron chi connectivity index (χ3n) is 1.87. The molecular formula is C7H6F9O4P-2. The zero-order chi connectivity index (χ0) is 17.3. The number of phosphoric ester groups is 1. The fraction of sp³-hybridized carbons (Fsp3) is 1.00. The van der Waals surface area contributed by atoms with E-state index in [-0.39, 0.29) is 0 Å². The van der Waals surface area contributed by atoms with Crippen LogP contribution in [0.1, 0.15) is 19.3 Å². The summed E-state index contributed by atoms with van der Waals surface area (Å²) < 4.78 is 123. The lowest BCUT2D eigenvalue weighted by atomic mass is 9.90. The van der Waals surface area contributed by atoms with Crippen LogP contribution >= 0.6 is 7.82 Å². The summed E-state index contributed by atoms with van der Waals surface area (Å²) in [6.07, 6.45) is -25.6.